The van der Waals surface area contributed by atoms with Crippen molar-refractivity contribution in [2.24, 2.45) is 0 Å². The fraction of sp³-hybridized carbons (Fsp3) is 0.800. The minimum Gasteiger partial charge on any atom is -0.372 e. The first kappa shape index (κ1) is 29.5. The van der Waals surface area contributed by atoms with Gasteiger partial charge in [-0.1, -0.05) is 47.5 Å². The average molecular weight is 279 g/mol. The molecule has 0 aromatic heterocycles. The Hall–Kier alpha value is 0.319. The molecule has 0 bridgehead atoms. The summed E-state index contributed by atoms with van der Waals surface area (Å²) in [4.78, 5) is 0. The molecule has 0 aromatic carbocycles. The summed E-state index contributed by atoms with van der Waals surface area (Å²) in [6.45, 7) is 12.4. The van der Waals surface area contributed by atoms with E-state index >= 15 is 0 Å². The van der Waals surface area contributed by atoms with Gasteiger partial charge in [0.15, 0.2) is 0 Å². The Morgan fingerprint density at radius 3 is 1.25 bits per heavy atom. The summed E-state index contributed by atoms with van der Waals surface area (Å²) in [5.74, 6) is 2.30. The van der Waals surface area contributed by atoms with E-state index in [0.717, 1.165) is 0 Å². The van der Waals surface area contributed by atoms with Gasteiger partial charge >= 0.3 is 0 Å². The van der Waals surface area contributed by atoms with E-state index in [1.165, 1.54) is 0 Å². The van der Waals surface area contributed by atoms with Crippen molar-refractivity contribution in [3.8, 4) is 12.3 Å². The molecule has 74 valence electrons. The van der Waals surface area contributed by atoms with Crippen LogP contribution in [0.1, 0.15) is 41.5 Å². The third-order valence-electron chi connectivity index (χ3n) is 0.228. The largest absolute Gasteiger partial charge is 0.372 e. The van der Waals surface area contributed by atoms with Crippen LogP contribution in [0.4, 0.5) is 0 Å². The second-order valence-electron chi connectivity index (χ2n) is 0.637. The fourth-order valence-electron chi connectivity index (χ4n) is 0.0833. The van der Waals surface area contributed by atoms with Crippen molar-refractivity contribution < 1.29 is 4.74 Å². The Labute approximate surface area is 96.2 Å². The van der Waals surface area contributed by atoms with Gasteiger partial charge in [0.25, 0.3) is 0 Å². The Balaban J connectivity index is -0.0000000203. The third-order valence-corrected chi connectivity index (χ3v) is 0.228. The van der Waals surface area contributed by atoms with Gasteiger partial charge in [-0.2, -0.15) is 0 Å². The SMILES string of the molecule is C#CCOC.CC.CC.CC.[Sn]. The molecule has 0 amide bonds. The number of rotatable bonds is 1. The standard InChI is InChI=1S/C4H6O.3C2H6.Sn/c1-3-4-5-2;3*1-2;/h1H,4H2,2H3;3*1-2H3;. The summed E-state index contributed by atoms with van der Waals surface area (Å²) in [5, 5.41) is 0. The molecule has 2 heteroatoms. The summed E-state index contributed by atoms with van der Waals surface area (Å²) in [6.07, 6.45) is 4.76. The molecular formula is C10H24OSn. The van der Waals surface area contributed by atoms with Crippen LogP contribution in [0.15, 0.2) is 0 Å². The molecule has 0 aliphatic carbocycles. The first-order chi connectivity index (χ1) is 5.41. The van der Waals surface area contributed by atoms with E-state index in [1.54, 1.807) is 7.11 Å². The van der Waals surface area contributed by atoms with Crippen molar-refractivity contribution >= 4 is 23.9 Å². The minimum atomic E-state index is 0. The quantitative estimate of drug-likeness (QED) is 0.529. The number of ether oxygens (including phenoxy) is 1. The molecule has 4 radical (unpaired) electrons. The summed E-state index contributed by atoms with van der Waals surface area (Å²) in [5.41, 5.74) is 0. The first-order valence-corrected chi connectivity index (χ1v) is 4.34. The number of hydrogen-bond acceptors (Lipinski definition) is 1. The van der Waals surface area contributed by atoms with Crippen LogP contribution in [-0.4, -0.2) is 37.6 Å². The van der Waals surface area contributed by atoms with Crippen molar-refractivity contribution in [3.05, 3.63) is 0 Å². The predicted octanol–water partition coefficient (Wildman–Crippen LogP) is 2.96. The van der Waals surface area contributed by atoms with Crippen LogP contribution < -0.4 is 0 Å². The molecule has 0 aliphatic rings. The van der Waals surface area contributed by atoms with Crippen molar-refractivity contribution in [1.29, 1.82) is 0 Å². The Morgan fingerprint density at radius 2 is 1.25 bits per heavy atom. The zero-order valence-electron chi connectivity index (χ0n) is 9.69. The molecule has 0 aromatic rings. The molecular weight excluding hydrogens is 255 g/mol. The number of hydrogen-bond donors (Lipinski definition) is 0. The normalized spacial score (nSPS) is 4.17. The van der Waals surface area contributed by atoms with Crippen LogP contribution in [0.5, 0.6) is 0 Å². The molecule has 1 nitrogen and oxygen atoms in total. The Morgan fingerprint density at radius 1 is 1.00 bits per heavy atom. The van der Waals surface area contributed by atoms with E-state index in [0.29, 0.717) is 6.61 Å². The van der Waals surface area contributed by atoms with Crippen molar-refractivity contribution in [3.63, 3.8) is 0 Å². The first-order valence-electron chi connectivity index (χ1n) is 4.34. The van der Waals surface area contributed by atoms with Gasteiger partial charge in [0.05, 0.1) is 0 Å². The van der Waals surface area contributed by atoms with E-state index < -0.39 is 0 Å². The third kappa shape index (κ3) is 167. The van der Waals surface area contributed by atoms with Crippen LogP contribution in [0.25, 0.3) is 0 Å². The van der Waals surface area contributed by atoms with Gasteiger partial charge in [-0.25, -0.2) is 0 Å². The van der Waals surface area contributed by atoms with Gasteiger partial charge in [0.1, 0.15) is 6.61 Å². The van der Waals surface area contributed by atoms with Crippen molar-refractivity contribution in [2.75, 3.05) is 13.7 Å². The van der Waals surface area contributed by atoms with Crippen molar-refractivity contribution in [2.45, 2.75) is 41.5 Å². The van der Waals surface area contributed by atoms with E-state index in [2.05, 4.69) is 10.7 Å². The molecule has 0 saturated heterocycles. The van der Waals surface area contributed by atoms with Crippen LogP contribution in [-0.2, 0) is 4.74 Å². The molecule has 0 spiro atoms. The maximum atomic E-state index is 4.76. The monoisotopic (exact) mass is 280 g/mol. The topological polar surface area (TPSA) is 9.23 Å². The summed E-state index contributed by atoms with van der Waals surface area (Å²) < 4.78 is 4.45. The van der Waals surface area contributed by atoms with Crippen LogP contribution in [0.2, 0.25) is 0 Å². The van der Waals surface area contributed by atoms with Gasteiger partial charge in [-0.3, -0.25) is 0 Å². The molecule has 0 rings (SSSR count). The van der Waals surface area contributed by atoms with E-state index in [-0.39, 0.29) is 23.9 Å². The summed E-state index contributed by atoms with van der Waals surface area (Å²) in [6, 6.07) is 0. The van der Waals surface area contributed by atoms with Crippen molar-refractivity contribution in [1.82, 2.24) is 0 Å². The van der Waals surface area contributed by atoms with E-state index in [4.69, 9.17) is 6.42 Å². The smallest absolute Gasteiger partial charge is 0.107 e. The number of methoxy groups -OCH3 is 1. The Bertz CT molecular complexity index is 48.3. The van der Waals surface area contributed by atoms with Crippen LogP contribution in [0, 0.1) is 12.3 Å². The molecule has 0 fully saturated rings. The molecule has 0 atom stereocenters. The van der Waals surface area contributed by atoms with E-state index in [9.17, 15) is 0 Å². The van der Waals surface area contributed by atoms with Gasteiger partial charge < -0.3 is 4.74 Å². The fourth-order valence-corrected chi connectivity index (χ4v) is 0.0833. The molecule has 0 N–H and O–H groups in total. The molecule has 0 unspecified atom stereocenters. The van der Waals surface area contributed by atoms with Crippen LogP contribution >= 0.6 is 0 Å². The average Bonchev–Trinajstić information content (AvgIpc) is 2.16. The second kappa shape index (κ2) is 109. The van der Waals surface area contributed by atoms with E-state index in [1.807, 2.05) is 41.5 Å². The molecule has 0 heterocycles. The van der Waals surface area contributed by atoms with Gasteiger partial charge in [-0.15, -0.1) is 6.42 Å². The van der Waals surface area contributed by atoms with Gasteiger partial charge in [0.2, 0.25) is 0 Å². The zero-order chi connectivity index (χ0) is 10.1. The second-order valence-corrected chi connectivity index (χ2v) is 0.637. The molecule has 0 saturated carbocycles. The maximum absolute atomic E-state index is 4.76. The number of terminal acetylenes is 1. The predicted molar refractivity (Wildman–Crippen MR) is 60.5 cm³/mol. The van der Waals surface area contributed by atoms with Gasteiger partial charge in [-0.05, 0) is 0 Å². The zero-order valence-corrected chi connectivity index (χ0v) is 12.5. The molecule has 0 aliphatic heterocycles. The Kier molecular flexibility index (Phi) is 269. The maximum Gasteiger partial charge on any atom is 0.107 e. The van der Waals surface area contributed by atoms with Gasteiger partial charge in [0, 0.05) is 31.0 Å². The minimum absolute atomic E-state index is 0. The summed E-state index contributed by atoms with van der Waals surface area (Å²) >= 11 is 0. The summed E-state index contributed by atoms with van der Waals surface area (Å²) in [7, 11) is 1.57. The van der Waals surface area contributed by atoms with Crippen LogP contribution in [0.3, 0.4) is 0 Å². The molecule has 12 heavy (non-hydrogen) atoms.